The summed E-state index contributed by atoms with van der Waals surface area (Å²) in [5.74, 6) is 0.997. The van der Waals surface area contributed by atoms with Crippen molar-refractivity contribution in [2.75, 3.05) is 19.6 Å². The fraction of sp³-hybridized carbons (Fsp3) is 0.769. The van der Waals surface area contributed by atoms with Gasteiger partial charge in [-0.25, -0.2) is 0 Å². The molecule has 1 amide bonds. The quantitative estimate of drug-likeness (QED) is 0.891. The number of aromatic nitrogens is 2. The summed E-state index contributed by atoms with van der Waals surface area (Å²) in [7, 11) is 0. The van der Waals surface area contributed by atoms with Gasteiger partial charge in [-0.2, -0.15) is 0 Å². The van der Waals surface area contributed by atoms with Crippen molar-refractivity contribution in [3.63, 3.8) is 0 Å². The van der Waals surface area contributed by atoms with Crippen LogP contribution in [0.3, 0.4) is 0 Å². The number of carbonyl (C=O) groups is 1. The van der Waals surface area contributed by atoms with Crippen molar-refractivity contribution in [2.45, 2.75) is 38.6 Å². The highest BCUT2D eigenvalue weighted by atomic mass is 32.1. The van der Waals surface area contributed by atoms with Crippen LogP contribution in [-0.4, -0.2) is 46.1 Å². The molecule has 0 radical (unpaired) electrons. The summed E-state index contributed by atoms with van der Waals surface area (Å²) >= 11 is 1.23. The van der Waals surface area contributed by atoms with Crippen molar-refractivity contribution >= 4 is 17.4 Å². The fourth-order valence-corrected chi connectivity index (χ4v) is 3.87. The fourth-order valence-electron chi connectivity index (χ4n) is 3.08. The number of hydrogen-bond donors (Lipinski definition) is 1. The normalized spacial score (nSPS) is 26.8. The van der Waals surface area contributed by atoms with Gasteiger partial charge in [0.25, 0.3) is 5.91 Å². The standard InChI is InChI=1S/C13H20N4OS/c1-8(2)11-12(19-16-15-11)13(18)17-6-9-4-3-5-14-10(9)7-17/h8-10,14H,3-7H2,1-2H3/t9-,10+/m0/s1. The number of fused-ring (bicyclic) bond motifs is 1. The Labute approximate surface area is 117 Å². The summed E-state index contributed by atoms with van der Waals surface area (Å²) in [6.45, 7) is 6.91. The van der Waals surface area contributed by atoms with Crippen LogP contribution in [0.15, 0.2) is 0 Å². The molecule has 1 aromatic heterocycles. The number of rotatable bonds is 2. The Morgan fingerprint density at radius 2 is 2.32 bits per heavy atom. The first kappa shape index (κ1) is 13.0. The molecular weight excluding hydrogens is 260 g/mol. The molecule has 0 aliphatic carbocycles. The molecule has 2 aliphatic heterocycles. The van der Waals surface area contributed by atoms with E-state index in [-0.39, 0.29) is 11.8 Å². The molecule has 0 unspecified atom stereocenters. The van der Waals surface area contributed by atoms with Crippen LogP contribution in [0.25, 0.3) is 0 Å². The SMILES string of the molecule is CC(C)c1nnsc1C(=O)N1C[C@@H]2CCCN[C@@H]2C1. The zero-order valence-electron chi connectivity index (χ0n) is 11.4. The lowest BCUT2D eigenvalue weighted by atomic mass is 9.94. The van der Waals surface area contributed by atoms with Gasteiger partial charge in [0.1, 0.15) is 4.88 Å². The summed E-state index contributed by atoms with van der Waals surface area (Å²) in [4.78, 5) is 15.3. The Morgan fingerprint density at radius 3 is 3.05 bits per heavy atom. The minimum atomic E-state index is 0.120. The lowest BCUT2D eigenvalue weighted by molar-refractivity contribution is 0.0788. The topological polar surface area (TPSA) is 58.1 Å². The minimum Gasteiger partial charge on any atom is -0.336 e. The molecule has 2 fully saturated rings. The van der Waals surface area contributed by atoms with Crippen LogP contribution in [0.5, 0.6) is 0 Å². The number of likely N-dealkylation sites (tertiary alicyclic amines) is 1. The molecule has 19 heavy (non-hydrogen) atoms. The summed E-state index contributed by atoms with van der Waals surface area (Å²) in [5, 5.41) is 7.63. The first-order valence-electron chi connectivity index (χ1n) is 7.01. The highest BCUT2D eigenvalue weighted by molar-refractivity contribution is 7.08. The van der Waals surface area contributed by atoms with E-state index in [9.17, 15) is 4.79 Å². The van der Waals surface area contributed by atoms with Gasteiger partial charge in [-0.05, 0) is 42.8 Å². The van der Waals surface area contributed by atoms with Crippen molar-refractivity contribution in [1.29, 1.82) is 0 Å². The van der Waals surface area contributed by atoms with Crippen molar-refractivity contribution in [2.24, 2.45) is 5.92 Å². The van der Waals surface area contributed by atoms with E-state index in [1.165, 1.54) is 24.4 Å². The van der Waals surface area contributed by atoms with Crippen LogP contribution < -0.4 is 5.32 Å². The average molecular weight is 280 g/mol. The second kappa shape index (κ2) is 5.17. The smallest absolute Gasteiger partial charge is 0.267 e. The molecular formula is C13H20N4OS. The van der Waals surface area contributed by atoms with E-state index in [2.05, 4.69) is 28.8 Å². The lowest BCUT2D eigenvalue weighted by Crippen LogP contribution is -2.41. The van der Waals surface area contributed by atoms with E-state index in [0.717, 1.165) is 30.2 Å². The number of amides is 1. The van der Waals surface area contributed by atoms with Gasteiger partial charge in [0.05, 0.1) is 5.69 Å². The van der Waals surface area contributed by atoms with Crippen LogP contribution in [0.2, 0.25) is 0 Å². The van der Waals surface area contributed by atoms with Crippen LogP contribution in [0.1, 0.15) is 48.0 Å². The van der Waals surface area contributed by atoms with Gasteiger partial charge in [-0.15, -0.1) is 5.10 Å². The first-order valence-corrected chi connectivity index (χ1v) is 7.79. The summed E-state index contributed by atoms with van der Waals surface area (Å²) < 4.78 is 3.96. The van der Waals surface area contributed by atoms with Crippen molar-refractivity contribution in [3.8, 4) is 0 Å². The molecule has 3 heterocycles. The second-order valence-corrected chi connectivity index (χ2v) is 6.57. The van der Waals surface area contributed by atoms with Gasteiger partial charge in [-0.1, -0.05) is 18.3 Å². The second-order valence-electron chi connectivity index (χ2n) is 5.82. The highest BCUT2D eigenvalue weighted by Crippen LogP contribution is 2.28. The summed E-state index contributed by atoms with van der Waals surface area (Å²) in [6.07, 6.45) is 2.46. The maximum absolute atomic E-state index is 12.6. The van der Waals surface area contributed by atoms with Gasteiger partial charge in [0.2, 0.25) is 0 Å². The van der Waals surface area contributed by atoms with E-state index in [4.69, 9.17) is 0 Å². The van der Waals surface area contributed by atoms with E-state index in [1.807, 2.05) is 4.90 Å². The Hall–Kier alpha value is -1.01. The van der Waals surface area contributed by atoms with Gasteiger partial charge < -0.3 is 10.2 Å². The molecule has 5 nitrogen and oxygen atoms in total. The number of nitrogens with one attached hydrogen (secondary N) is 1. The molecule has 0 spiro atoms. The molecule has 104 valence electrons. The Balaban J connectivity index is 1.76. The Bertz CT molecular complexity index is 459. The number of hydrogen-bond acceptors (Lipinski definition) is 5. The van der Waals surface area contributed by atoms with Crippen LogP contribution in [0.4, 0.5) is 0 Å². The Kier molecular flexibility index (Phi) is 3.54. The largest absolute Gasteiger partial charge is 0.336 e. The average Bonchev–Trinajstić information content (AvgIpc) is 3.04. The molecule has 2 aliphatic rings. The third-order valence-corrected chi connectivity index (χ3v) is 4.87. The van der Waals surface area contributed by atoms with Gasteiger partial charge >= 0.3 is 0 Å². The van der Waals surface area contributed by atoms with Gasteiger partial charge in [0, 0.05) is 19.1 Å². The Morgan fingerprint density at radius 1 is 1.47 bits per heavy atom. The molecule has 2 saturated heterocycles. The zero-order valence-corrected chi connectivity index (χ0v) is 12.2. The van der Waals surface area contributed by atoms with Crippen LogP contribution >= 0.6 is 11.5 Å². The van der Waals surface area contributed by atoms with Crippen molar-refractivity contribution in [1.82, 2.24) is 19.8 Å². The zero-order chi connectivity index (χ0) is 13.4. The highest BCUT2D eigenvalue weighted by Gasteiger charge is 2.37. The molecule has 3 rings (SSSR count). The van der Waals surface area contributed by atoms with E-state index in [1.54, 1.807) is 0 Å². The summed E-state index contributed by atoms with van der Waals surface area (Å²) in [6, 6.07) is 0.487. The third kappa shape index (κ3) is 2.39. The maximum Gasteiger partial charge on any atom is 0.267 e. The molecule has 1 N–H and O–H groups in total. The monoisotopic (exact) mass is 280 g/mol. The van der Waals surface area contributed by atoms with Crippen LogP contribution in [-0.2, 0) is 0 Å². The minimum absolute atomic E-state index is 0.120. The molecule has 0 aromatic carbocycles. The lowest BCUT2D eigenvalue weighted by Gasteiger charge is -2.24. The van der Waals surface area contributed by atoms with Gasteiger partial charge in [0.15, 0.2) is 0 Å². The number of piperidine rings is 1. The molecule has 2 atom stereocenters. The molecule has 6 heteroatoms. The predicted octanol–water partition coefficient (Wildman–Crippen LogP) is 1.49. The maximum atomic E-state index is 12.6. The van der Waals surface area contributed by atoms with E-state index in [0.29, 0.717) is 12.0 Å². The predicted molar refractivity (Wildman–Crippen MR) is 74.4 cm³/mol. The first-order chi connectivity index (χ1) is 9.16. The van der Waals surface area contributed by atoms with Gasteiger partial charge in [-0.3, -0.25) is 4.79 Å². The van der Waals surface area contributed by atoms with E-state index < -0.39 is 0 Å². The molecule has 0 bridgehead atoms. The van der Waals surface area contributed by atoms with E-state index >= 15 is 0 Å². The number of nitrogens with zero attached hydrogens (tertiary/aromatic N) is 3. The summed E-state index contributed by atoms with van der Waals surface area (Å²) in [5.41, 5.74) is 0.845. The van der Waals surface area contributed by atoms with Crippen molar-refractivity contribution in [3.05, 3.63) is 10.6 Å². The van der Waals surface area contributed by atoms with Crippen LogP contribution in [0, 0.1) is 5.92 Å². The third-order valence-electron chi connectivity index (χ3n) is 4.14. The van der Waals surface area contributed by atoms with Crippen molar-refractivity contribution < 1.29 is 4.79 Å². The number of carbonyl (C=O) groups excluding carboxylic acids is 1. The molecule has 1 aromatic rings. The molecule has 0 saturated carbocycles.